The number of nitrogens with zero attached hydrogens (tertiary/aromatic N) is 1. The van der Waals surface area contributed by atoms with Gasteiger partial charge in [-0.3, -0.25) is 0 Å². The van der Waals surface area contributed by atoms with Crippen LogP contribution in [0.2, 0.25) is 0 Å². The SMILES string of the molecule is COc1ccc(S(=O)(=O)NCC2(c3cccc4ccc(Br)cc34)CC2)cc1N1CCNCC1. The van der Waals surface area contributed by atoms with Gasteiger partial charge in [-0.2, -0.15) is 0 Å². The van der Waals surface area contributed by atoms with Crippen molar-refractivity contribution in [3.8, 4) is 5.75 Å². The lowest BCUT2D eigenvalue weighted by Crippen LogP contribution is -2.43. The maximum absolute atomic E-state index is 13.3. The zero-order valence-corrected chi connectivity index (χ0v) is 21.0. The second kappa shape index (κ2) is 8.91. The summed E-state index contributed by atoms with van der Waals surface area (Å²) in [6.45, 7) is 3.74. The second-order valence-corrected chi connectivity index (χ2v) is 11.5. The molecule has 0 bridgehead atoms. The summed E-state index contributed by atoms with van der Waals surface area (Å²) in [5.74, 6) is 0.691. The van der Waals surface area contributed by atoms with Gasteiger partial charge in [0.1, 0.15) is 5.75 Å². The predicted molar refractivity (Wildman–Crippen MR) is 136 cm³/mol. The first-order valence-corrected chi connectivity index (χ1v) is 13.5. The lowest BCUT2D eigenvalue weighted by atomic mass is 9.91. The number of benzene rings is 3. The molecule has 0 aromatic heterocycles. The number of rotatable bonds is 7. The average Bonchev–Trinajstić information content (AvgIpc) is 3.63. The van der Waals surface area contributed by atoms with Gasteiger partial charge in [0, 0.05) is 42.6 Å². The molecule has 0 radical (unpaired) electrons. The molecule has 1 heterocycles. The van der Waals surface area contributed by atoms with Gasteiger partial charge >= 0.3 is 0 Å². The van der Waals surface area contributed by atoms with E-state index in [1.54, 1.807) is 25.3 Å². The van der Waals surface area contributed by atoms with Gasteiger partial charge in [-0.15, -0.1) is 0 Å². The van der Waals surface area contributed by atoms with Crippen molar-refractivity contribution in [2.24, 2.45) is 0 Å². The number of halogens is 1. The zero-order chi connectivity index (χ0) is 23.1. The van der Waals surface area contributed by atoms with Gasteiger partial charge in [0.2, 0.25) is 10.0 Å². The summed E-state index contributed by atoms with van der Waals surface area (Å²) in [5, 5.41) is 5.67. The Labute approximate surface area is 203 Å². The van der Waals surface area contributed by atoms with E-state index in [-0.39, 0.29) is 10.3 Å². The molecular formula is C25H28BrN3O3S. The highest BCUT2D eigenvalue weighted by molar-refractivity contribution is 9.10. The summed E-state index contributed by atoms with van der Waals surface area (Å²) in [6.07, 6.45) is 1.94. The van der Waals surface area contributed by atoms with Crippen molar-refractivity contribution >= 4 is 42.4 Å². The zero-order valence-electron chi connectivity index (χ0n) is 18.6. The summed E-state index contributed by atoms with van der Waals surface area (Å²) in [5.41, 5.74) is 1.86. The Morgan fingerprint density at radius 2 is 1.88 bits per heavy atom. The summed E-state index contributed by atoms with van der Waals surface area (Å²) in [7, 11) is -2.05. The summed E-state index contributed by atoms with van der Waals surface area (Å²) in [6, 6.07) is 17.7. The number of hydrogen-bond acceptors (Lipinski definition) is 5. The monoisotopic (exact) mass is 529 g/mol. The van der Waals surface area contributed by atoms with E-state index in [0.29, 0.717) is 12.3 Å². The van der Waals surface area contributed by atoms with Gasteiger partial charge in [0.25, 0.3) is 0 Å². The number of ether oxygens (including phenoxy) is 1. The molecule has 6 nitrogen and oxygen atoms in total. The van der Waals surface area contributed by atoms with Crippen LogP contribution < -0.4 is 19.7 Å². The van der Waals surface area contributed by atoms with Crippen LogP contribution in [0.1, 0.15) is 18.4 Å². The van der Waals surface area contributed by atoms with Crippen molar-refractivity contribution in [2.45, 2.75) is 23.2 Å². The first-order valence-electron chi connectivity index (χ1n) is 11.2. The molecule has 1 aliphatic carbocycles. The van der Waals surface area contributed by atoms with Crippen LogP contribution in [0.3, 0.4) is 0 Å². The fraction of sp³-hybridized carbons (Fsp3) is 0.360. The predicted octanol–water partition coefficient (Wildman–Crippen LogP) is 4.03. The second-order valence-electron chi connectivity index (χ2n) is 8.85. The van der Waals surface area contributed by atoms with Crippen LogP contribution in [0, 0.1) is 0 Å². The molecule has 0 atom stereocenters. The molecule has 1 aliphatic heterocycles. The molecule has 2 aliphatic rings. The minimum absolute atomic E-state index is 0.165. The van der Waals surface area contributed by atoms with Crippen molar-refractivity contribution in [1.29, 1.82) is 0 Å². The standard InChI is InChI=1S/C25H28BrN3O3S/c1-32-24-8-7-20(16-23(24)29-13-11-27-12-14-29)33(30,31)28-17-25(9-10-25)22-4-2-3-18-5-6-19(26)15-21(18)22/h2-8,15-16,27-28H,9-14,17H2,1H3. The number of piperazine rings is 1. The normalized spacial score (nSPS) is 17.8. The van der Waals surface area contributed by atoms with Gasteiger partial charge in [-0.05, 0) is 59.5 Å². The van der Waals surface area contributed by atoms with Gasteiger partial charge in [-0.1, -0.05) is 40.2 Å². The number of nitrogens with one attached hydrogen (secondary N) is 2. The Balaban J connectivity index is 1.41. The van der Waals surface area contributed by atoms with Crippen molar-refractivity contribution in [3.05, 3.63) is 64.6 Å². The molecule has 33 heavy (non-hydrogen) atoms. The minimum Gasteiger partial charge on any atom is -0.495 e. The van der Waals surface area contributed by atoms with Gasteiger partial charge in [0.05, 0.1) is 17.7 Å². The number of sulfonamides is 1. The van der Waals surface area contributed by atoms with Crippen LogP contribution >= 0.6 is 15.9 Å². The van der Waals surface area contributed by atoms with Crippen molar-refractivity contribution in [3.63, 3.8) is 0 Å². The molecule has 0 amide bonds. The first kappa shape index (κ1) is 22.7. The third-order valence-corrected chi connectivity index (χ3v) is 8.68. The summed E-state index contributed by atoms with van der Waals surface area (Å²) in [4.78, 5) is 2.44. The lowest BCUT2D eigenvalue weighted by Gasteiger charge is -2.31. The highest BCUT2D eigenvalue weighted by Gasteiger charge is 2.45. The molecule has 2 fully saturated rings. The van der Waals surface area contributed by atoms with Crippen LogP contribution in [0.15, 0.2) is 64.0 Å². The van der Waals surface area contributed by atoms with E-state index in [9.17, 15) is 8.42 Å². The van der Waals surface area contributed by atoms with E-state index >= 15 is 0 Å². The van der Waals surface area contributed by atoms with Gasteiger partial charge < -0.3 is 15.0 Å². The van der Waals surface area contributed by atoms with Gasteiger partial charge in [0.15, 0.2) is 0 Å². The summed E-state index contributed by atoms with van der Waals surface area (Å²) < 4.78 is 36.1. The van der Waals surface area contributed by atoms with E-state index in [2.05, 4.69) is 61.2 Å². The third kappa shape index (κ3) is 4.49. The molecule has 1 saturated carbocycles. The molecule has 8 heteroatoms. The third-order valence-electron chi connectivity index (χ3n) is 6.79. The van der Waals surface area contributed by atoms with Crippen LogP contribution in [0.4, 0.5) is 5.69 Å². The number of hydrogen-bond donors (Lipinski definition) is 2. The lowest BCUT2D eigenvalue weighted by molar-refractivity contribution is 0.412. The highest BCUT2D eigenvalue weighted by Crippen LogP contribution is 2.50. The molecule has 2 N–H and O–H groups in total. The highest BCUT2D eigenvalue weighted by atomic mass is 79.9. The first-order chi connectivity index (χ1) is 15.9. The Morgan fingerprint density at radius 1 is 1.09 bits per heavy atom. The average molecular weight is 530 g/mol. The van der Waals surface area contributed by atoms with Crippen molar-refractivity contribution < 1.29 is 13.2 Å². The van der Waals surface area contributed by atoms with Crippen LogP contribution in [-0.2, 0) is 15.4 Å². The summed E-state index contributed by atoms with van der Waals surface area (Å²) >= 11 is 3.58. The number of fused-ring (bicyclic) bond motifs is 1. The molecule has 3 aromatic rings. The Hall–Kier alpha value is -2.13. The van der Waals surface area contributed by atoms with Crippen LogP contribution in [-0.4, -0.2) is 48.3 Å². The molecule has 3 aromatic carbocycles. The van der Waals surface area contributed by atoms with Crippen molar-refractivity contribution in [2.75, 3.05) is 44.7 Å². The van der Waals surface area contributed by atoms with E-state index in [1.165, 1.54) is 16.3 Å². The van der Waals surface area contributed by atoms with E-state index in [1.807, 2.05) is 6.07 Å². The Kier molecular flexibility index (Phi) is 6.11. The molecule has 174 valence electrons. The van der Waals surface area contributed by atoms with Crippen LogP contribution in [0.5, 0.6) is 5.75 Å². The minimum atomic E-state index is -3.67. The maximum Gasteiger partial charge on any atom is 0.240 e. The topological polar surface area (TPSA) is 70.7 Å². The Morgan fingerprint density at radius 3 is 2.61 bits per heavy atom. The molecule has 5 rings (SSSR count). The largest absolute Gasteiger partial charge is 0.495 e. The maximum atomic E-state index is 13.3. The van der Waals surface area contributed by atoms with E-state index in [0.717, 1.165) is 49.2 Å². The molecule has 1 saturated heterocycles. The molecule has 0 spiro atoms. The van der Waals surface area contributed by atoms with Gasteiger partial charge in [-0.25, -0.2) is 13.1 Å². The van der Waals surface area contributed by atoms with Crippen molar-refractivity contribution in [1.82, 2.24) is 10.0 Å². The van der Waals surface area contributed by atoms with Crippen LogP contribution in [0.25, 0.3) is 10.8 Å². The fourth-order valence-corrected chi connectivity index (χ4v) is 6.21. The smallest absolute Gasteiger partial charge is 0.240 e. The van der Waals surface area contributed by atoms with E-state index in [4.69, 9.17) is 4.74 Å². The quantitative estimate of drug-likeness (QED) is 0.483. The van der Waals surface area contributed by atoms with E-state index < -0.39 is 10.0 Å². The molecule has 0 unspecified atom stereocenters. The number of methoxy groups -OCH3 is 1. The molecular weight excluding hydrogens is 502 g/mol. The Bertz CT molecular complexity index is 1290. The fourth-order valence-electron chi connectivity index (χ4n) is 4.71. The number of anilines is 1.